The van der Waals surface area contributed by atoms with E-state index in [9.17, 15) is 14.9 Å². The average molecular weight is 364 g/mol. The molecule has 1 heterocycles. The fraction of sp³-hybridized carbons (Fsp3) is 0.476. The molecule has 0 unspecified atom stereocenters. The molecule has 2 atom stereocenters. The lowest BCUT2D eigenvalue weighted by Crippen LogP contribution is -2.49. The van der Waals surface area contributed by atoms with E-state index in [-0.39, 0.29) is 29.2 Å². The number of nitrogens with one attached hydrogen (secondary N) is 3. The predicted molar refractivity (Wildman–Crippen MR) is 102 cm³/mol. The van der Waals surface area contributed by atoms with Crippen molar-refractivity contribution in [2.75, 3.05) is 6.54 Å². The van der Waals surface area contributed by atoms with E-state index >= 15 is 0 Å². The minimum absolute atomic E-state index is 0.0392. The summed E-state index contributed by atoms with van der Waals surface area (Å²) >= 11 is 0. The first-order chi connectivity index (χ1) is 13.1. The first-order valence-electron chi connectivity index (χ1n) is 9.67. The van der Waals surface area contributed by atoms with E-state index in [2.05, 4.69) is 21.7 Å². The van der Waals surface area contributed by atoms with Crippen LogP contribution in [0.3, 0.4) is 0 Å². The fourth-order valence-electron chi connectivity index (χ4n) is 3.93. The molecule has 3 N–H and O–H groups in total. The molecule has 1 aromatic carbocycles. The number of aromatic nitrogens is 1. The highest BCUT2D eigenvalue weighted by molar-refractivity contribution is 5.98. The van der Waals surface area contributed by atoms with Gasteiger partial charge >= 0.3 is 0 Å². The smallest absolute Gasteiger partial charge is 0.251 e. The zero-order valence-corrected chi connectivity index (χ0v) is 15.3. The molecule has 140 valence electrons. The third-order valence-electron chi connectivity index (χ3n) is 5.93. The lowest BCUT2D eigenvalue weighted by Gasteiger charge is -2.31. The first-order valence-corrected chi connectivity index (χ1v) is 9.67. The largest absolute Gasteiger partial charge is 0.361 e. The molecule has 6 nitrogen and oxygen atoms in total. The predicted octanol–water partition coefficient (Wildman–Crippen LogP) is 2.88. The van der Waals surface area contributed by atoms with Crippen LogP contribution < -0.4 is 10.6 Å². The summed E-state index contributed by atoms with van der Waals surface area (Å²) in [7, 11) is 0. The van der Waals surface area contributed by atoms with Crippen molar-refractivity contribution < 1.29 is 9.59 Å². The number of aromatic amines is 1. The molecule has 2 aromatic rings. The van der Waals surface area contributed by atoms with E-state index in [0.717, 1.165) is 49.4 Å². The highest BCUT2D eigenvalue weighted by Crippen LogP contribution is 2.44. The second-order valence-corrected chi connectivity index (χ2v) is 7.86. The summed E-state index contributed by atoms with van der Waals surface area (Å²) in [6, 6.07) is 9.64. The van der Waals surface area contributed by atoms with Gasteiger partial charge in [-0.3, -0.25) is 9.59 Å². The van der Waals surface area contributed by atoms with Gasteiger partial charge in [0, 0.05) is 35.2 Å². The van der Waals surface area contributed by atoms with Crippen LogP contribution in [-0.4, -0.2) is 29.4 Å². The van der Waals surface area contributed by atoms with Gasteiger partial charge in [0.2, 0.25) is 5.91 Å². The number of rotatable bonds is 5. The molecule has 2 fully saturated rings. The molecule has 0 aliphatic heterocycles. The summed E-state index contributed by atoms with van der Waals surface area (Å²) in [5, 5.41) is 16.2. The van der Waals surface area contributed by atoms with Crippen LogP contribution in [0.25, 0.3) is 10.9 Å². The molecule has 0 radical (unpaired) electrons. The maximum atomic E-state index is 12.7. The average Bonchev–Trinajstić information content (AvgIpc) is 3.33. The lowest BCUT2D eigenvalue weighted by molar-refractivity contribution is -0.126. The van der Waals surface area contributed by atoms with E-state index < -0.39 is 0 Å². The van der Waals surface area contributed by atoms with Crippen LogP contribution in [0.2, 0.25) is 0 Å². The quantitative estimate of drug-likeness (QED) is 0.761. The van der Waals surface area contributed by atoms with Crippen molar-refractivity contribution in [3.05, 3.63) is 36.0 Å². The molecule has 1 aromatic heterocycles. The van der Waals surface area contributed by atoms with E-state index in [1.165, 1.54) is 0 Å². The Balaban J connectivity index is 1.41. The molecule has 2 saturated carbocycles. The molecule has 2 aliphatic carbocycles. The molecule has 2 aliphatic rings. The van der Waals surface area contributed by atoms with Gasteiger partial charge in [-0.2, -0.15) is 5.26 Å². The highest BCUT2D eigenvalue weighted by atomic mass is 16.2. The molecular formula is C21H24N4O2. The Bertz CT molecular complexity index is 906. The van der Waals surface area contributed by atoms with Crippen molar-refractivity contribution in [2.45, 2.75) is 44.6 Å². The number of benzene rings is 1. The number of carbonyl (C=O) groups excluding carboxylic acids is 2. The van der Waals surface area contributed by atoms with Crippen LogP contribution in [0.15, 0.2) is 30.5 Å². The number of carbonyl (C=O) groups is 2. The second kappa shape index (κ2) is 7.07. The number of hydrogen-bond acceptors (Lipinski definition) is 3. The molecule has 2 amide bonds. The SMILES string of the molecule is N#CC1(CNC(=O)[C@@H]2CCCC[C@@H]2NC(=O)c2ccc3[nH]ccc3c2)CC1. The first kappa shape index (κ1) is 17.6. The normalized spacial score (nSPS) is 23.4. The third kappa shape index (κ3) is 3.68. The molecule has 27 heavy (non-hydrogen) atoms. The van der Waals surface area contributed by atoms with Crippen LogP contribution in [0.1, 0.15) is 48.9 Å². The van der Waals surface area contributed by atoms with Gasteiger partial charge in [-0.1, -0.05) is 12.8 Å². The van der Waals surface area contributed by atoms with Gasteiger partial charge in [0.1, 0.15) is 0 Å². The monoisotopic (exact) mass is 364 g/mol. The number of hydrogen-bond donors (Lipinski definition) is 3. The molecule has 6 heteroatoms. The van der Waals surface area contributed by atoms with E-state index in [1.807, 2.05) is 24.4 Å². The van der Waals surface area contributed by atoms with E-state index in [4.69, 9.17) is 0 Å². The topological polar surface area (TPSA) is 97.8 Å². The summed E-state index contributed by atoms with van der Waals surface area (Å²) in [5.41, 5.74) is 1.25. The molecule has 0 saturated heterocycles. The van der Waals surface area contributed by atoms with Crippen molar-refractivity contribution in [1.82, 2.24) is 15.6 Å². The van der Waals surface area contributed by atoms with Crippen LogP contribution in [0.5, 0.6) is 0 Å². The number of H-pyrrole nitrogens is 1. The summed E-state index contributed by atoms with van der Waals surface area (Å²) in [5.74, 6) is -0.408. The van der Waals surface area contributed by atoms with Crippen molar-refractivity contribution in [3.63, 3.8) is 0 Å². The van der Waals surface area contributed by atoms with Crippen molar-refractivity contribution >= 4 is 22.7 Å². The molecule has 0 spiro atoms. The number of fused-ring (bicyclic) bond motifs is 1. The Kier molecular flexibility index (Phi) is 4.61. The van der Waals surface area contributed by atoms with Gasteiger partial charge in [-0.15, -0.1) is 0 Å². The Labute approximate surface area is 158 Å². The third-order valence-corrected chi connectivity index (χ3v) is 5.93. The van der Waals surface area contributed by atoms with Gasteiger partial charge in [0.15, 0.2) is 0 Å². The van der Waals surface area contributed by atoms with Gasteiger partial charge in [0.25, 0.3) is 5.91 Å². The zero-order chi connectivity index (χ0) is 18.9. The molecular weight excluding hydrogens is 340 g/mol. The Morgan fingerprint density at radius 1 is 1.22 bits per heavy atom. The summed E-state index contributed by atoms with van der Waals surface area (Å²) in [4.78, 5) is 28.5. The van der Waals surface area contributed by atoms with Crippen LogP contribution in [-0.2, 0) is 4.79 Å². The van der Waals surface area contributed by atoms with E-state index in [1.54, 1.807) is 6.07 Å². The minimum Gasteiger partial charge on any atom is -0.361 e. The maximum absolute atomic E-state index is 12.7. The van der Waals surface area contributed by atoms with Crippen molar-refractivity contribution in [2.24, 2.45) is 11.3 Å². The van der Waals surface area contributed by atoms with Gasteiger partial charge < -0.3 is 15.6 Å². The fourth-order valence-corrected chi connectivity index (χ4v) is 3.93. The van der Waals surface area contributed by atoms with Crippen LogP contribution >= 0.6 is 0 Å². The minimum atomic E-state index is -0.352. The van der Waals surface area contributed by atoms with Crippen molar-refractivity contribution in [3.8, 4) is 6.07 Å². The maximum Gasteiger partial charge on any atom is 0.251 e. The summed E-state index contributed by atoms with van der Waals surface area (Å²) in [6.07, 6.45) is 7.14. The molecule has 0 bridgehead atoms. The Morgan fingerprint density at radius 2 is 2.04 bits per heavy atom. The van der Waals surface area contributed by atoms with Gasteiger partial charge in [-0.25, -0.2) is 0 Å². The highest BCUT2D eigenvalue weighted by Gasteiger charge is 2.44. The van der Waals surface area contributed by atoms with Gasteiger partial charge in [0.05, 0.1) is 17.4 Å². The standard InChI is InChI=1S/C21H24N4O2/c22-12-21(8-9-21)13-24-20(27)16-3-1-2-4-18(16)25-19(26)15-5-6-17-14(11-15)7-10-23-17/h5-7,10-11,16,18,23H,1-4,8-9,13H2,(H,24,27)(H,25,26)/t16-,18+/m1/s1. The second-order valence-electron chi connectivity index (χ2n) is 7.86. The van der Waals surface area contributed by atoms with E-state index in [0.29, 0.717) is 12.1 Å². The zero-order valence-electron chi connectivity index (χ0n) is 15.3. The summed E-state index contributed by atoms with van der Waals surface area (Å²) in [6.45, 7) is 0.420. The van der Waals surface area contributed by atoms with Crippen molar-refractivity contribution in [1.29, 1.82) is 5.26 Å². The number of nitrogens with zero attached hydrogens (tertiary/aromatic N) is 1. The van der Waals surface area contributed by atoms with Crippen LogP contribution in [0, 0.1) is 22.7 Å². The molecule has 4 rings (SSSR count). The number of amides is 2. The lowest BCUT2D eigenvalue weighted by atomic mass is 9.83. The Morgan fingerprint density at radius 3 is 2.81 bits per heavy atom. The van der Waals surface area contributed by atoms with Crippen LogP contribution in [0.4, 0.5) is 0 Å². The van der Waals surface area contributed by atoms with Gasteiger partial charge in [-0.05, 0) is 49.9 Å². The Hall–Kier alpha value is -2.81. The summed E-state index contributed by atoms with van der Waals surface area (Å²) < 4.78 is 0. The number of nitriles is 1.